The van der Waals surface area contributed by atoms with E-state index in [0.29, 0.717) is 28.3 Å². The van der Waals surface area contributed by atoms with E-state index in [1.54, 1.807) is 37.4 Å². The summed E-state index contributed by atoms with van der Waals surface area (Å²) in [6.45, 7) is 0.309. The van der Waals surface area contributed by atoms with Crippen molar-refractivity contribution in [3.8, 4) is 5.75 Å². The Morgan fingerprint density at radius 2 is 1.97 bits per heavy atom. The van der Waals surface area contributed by atoms with Gasteiger partial charge >= 0.3 is 0 Å². The molecule has 1 aliphatic rings. The monoisotopic (exact) mass is 495 g/mol. The van der Waals surface area contributed by atoms with Crippen molar-refractivity contribution in [2.75, 3.05) is 33.9 Å². The molecular formula is C26H26FN3O4S. The first-order valence-corrected chi connectivity index (χ1v) is 12.0. The number of benzene rings is 2. The van der Waals surface area contributed by atoms with Crippen molar-refractivity contribution in [1.29, 1.82) is 0 Å². The molecule has 1 unspecified atom stereocenters. The van der Waals surface area contributed by atoms with Gasteiger partial charge in [0, 0.05) is 31.2 Å². The van der Waals surface area contributed by atoms with Crippen molar-refractivity contribution in [3.05, 3.63) is 87.9 Å². The van der Waals surface area contributed by atoms with Crippen LogP contribution in [0.25, 0.3) is 0 Å². The van der Waals surface area contributed by atoms with Crippen LogP contribution in [0.3, 0.4) is 0 Å². The number of hydrogen-bond acceptors (Lipinski definition) is 6. The number of thiophene rings is 1. The highest BCUT2D eigenvalue weighted by atomic mass is 32.1. The molecule has 0 aliphatic carbocycles. The molecule has 2 heterocycles. The number of rotatable bonds is 9. The van der Waals surface area contributed by atoms with E-state index in [0.717, 1.165) is 5.56 Å². The number of amides is 2. The maximum atomic E-state index is 14.8. The minimum absolute atomic E-state index is 0.208. The fraction of sp³-hybridized carbons (Fsp3) is 0.269. The van der Waals surface area contributed by atoms with E-state index in [9.17, 15) is 14.0 Å². The minimum atomic E-state index is -0.633. The van der Waals surface area contributed by atoms with Crippen LogP contribution in [0.4, 0.5) is 4.39 Å². The van der Waals surface area contributed by atoms with Gasteiger partial charge in [-0.05, 0) is 29.6 Å². The first-order chi connectivity index (χ1) is 17.0. The van der Waals surface area contributed by atoms with E-state index < -0.39 is 17.8 Å². The summed E-state index contributed by atoms with van der Waals surface area (Å²) in [4.78, 5) is 28.5. The molecule has 182 valence electrons. The Labute approximate surface area is 207 Å². The molecule has 1 aliphatic heterocycles. The van der Waals surface area contributed by atoms with E-state index >= 15 is 0 Å². The lowest BCUT2D eigenvalue weighted by Crippen LogP contribution is -2.42. The number of carbonyl (C=O) groups excluding carboxylic acids is 2. The summed E-state index contributed by atoms with van der Waals surface area (Å²) in [5, 5.41) is 7.71. The Balaban J connectivity index is 1.65. The van der Waals surface area contributed by atoms with Gasteiger partial charge in [0.25, 0.3) is 11.8 Å². The molecule has 0 bridgehead atoms. The third-order valence-electron chi connectivity index (χ3n) is 5.74. The molecule has 2 aromatic carbocycles. The smallest absolute Gasteiger partial charge is 0.264 e. The van der Waals surface area contributed by atoms with E-state index in [1.165, 1.54) is 34.4 Å². The van der Waals surface area contributed by atoms with E-state index in [-0.39, 0.29) is 25.6 Å². The lowest BCUT2D eigenvalue weighted by molar-refractivity contribution is -0.133. The summed E-state index contributed by atoms with van der Waals surface area (Å²) in [6, 6.07) is 16.6. The molecule has 2 amide bonds. The van der Waals surface area contributed by atoms with Gasteiger partial charge < -0.3 is 14.4 Å². The fourth-order valence-corrected chi connectivity index (χ4v) is 4.64. The van der Waals surface area contributed by atoms with Gasteiger partial charge in [-0.15, -0.1) is 11.3 Å². The van der Waals surface area contributed by atoms with Crippen LogP contribution in [-0.4, -0.2) is 61.4 Å². The molecule has 0 saturated carbocycles. The summed E-state index contributed by atoms with van der Waals surface area (Å²) < 4.78 is 25.2. The summed E-state index contributed by atoms with van der Waals surface area (Å²) in [6.07, 6.45) is 0.330. The zero-order valence-corrected chi connectivity index (χ0v) is 20.3. The predicted molar refractivity (Wildman–Crippen MR) is 132 cm³/mol. The summed E-state index contributed by atoms with van der Waals surface area (Å²) in [5.74, 6) is -0.422. The van der Waals surface area contributed by atoms with Gasteiger partial charge in [-0.2, -0.15) is 5.10 Å². The third kappa shape index (κ3) is 5.58. The maximum Gasteiger partial charge on any atom is 0.264 e. The minimum Gasteiger partial charge on any atom is -0.497 e. The van der Waals surface area contributed by atoms with Crippen molar-refractivity contribution < 1.29 is 23.5 Å². The molecule has 0 radical (unpaired) electrons. The van der Waals surface area contributed by atoms with Crippen LogP contribution in [0.2, 0.25) is 0 Å². The molecule has 0 fully saturated rings. The predicted octanol–water partition coefficient (Wildman–Crippen LogP) is 4.36. The molecule has 1 aromatic heterocycles. The van der Waals surface area contributed by atoms with E-state index in [1.807, 2.05) is 29.6 Å². The van der Waals surface area contributed by atoms with Crippen molar-refractivity contribution in [1.82, 2.24) is 9.91 Å². The Bertz CT molecular complexity index is 1210. The van der Waals surface area contributed by atoms with Crippen LogP contribution < -0.4 is 4.74 Å². The molecular weight excluding hydrogens is 469 g/mol. The van der Waals surface area contributed by atoms with Crippen molar-refractivity contribution >= 4 is 28.9 Å². The normalized spacial score (nSPS) is 15.1. The molecule has 7 nitrogen and oxygen atoms in total. The average Bonchev–Trinajstić information content (AvgIpc) is 3.57. The largest absolute Gasteiger partial charge is 0.497 e. The quantitative estimate of drug-likeness (QED) is 0.442. The summed E-state index contributed by atoms with van der Waals surface area (Å²) >= 11 is 1.31. The van der Waals surface area contributed by atoms with Crippen molar-refractivity contribution in [2.24, 2.45) is 5.10 Å². The zero-order valence-electron chi connectivity index (χ0n) is 19.5. The Hall–Kier alpha value is -3.56. The number of halogens is 1. The standard InChI is InChI=1S/C26H26FN3O4S/c1-33-13-12-29(26(32)24-11-6-14-35-24)17-25(31)30-23(20-9-3-4-10-21(20)27)16-22(28-30)18-7-5-8-19(15-18)34-2/h3-11,14-15,23H,12-13,16-17H2,1-2H3. The van der Waals surface area contributed by atoms with Gasteiger partial charge in [0.2, 0.25) is 0 Å². The lowest BCUT2D eigenvalue weighted by Gasteiger charge is -2.26. The first-order valence-electron chi connectivity index (χ1n) is 11.1. The number of hydrazone groups is 1. The Kier molecular flexibility index (Phi) is 7.89. The van der Waals surface area contributed by atoms with Gasteiger partial charge in [-0.3, -0.25) is 9.59 Å². The molecule has 1 atom stereocenters. The molecule has 35 heavy (non-hydrogen) atoms. The average molecular weight is 496 g/mol. The molecule has 4 rings (SSSR count). The lowest BCUT2D eigenvalue weighted by atomic mass is 9.98. The maximum absolute atomic E-state index is 14.8. The van der Waals surface area contributed by atoms with Gasteiger partial charge in [0.1, 0.15) is 18.1 Å². The SMILES string of the molecule is COCCN(CC(=O)N1N=C(c2cccc(OC)c2)CC1c1ccccc1F)C(=O)c1cccs1. The van der Waals surface area contributed by atoms with Crippen LogP contribution in [0.15, 0.2) is 71.1 Å². The highest BCUT2D eigenvalue weighted by Gasteiger charge is 2.36. The fourth-order valence-electron chi connectivity index (χ4n) is 3.95. The zero-order chi connectivity index (χ0) is 24.8. The van der Waals surface area contributed by atoms with Gasteiger partial charge in [0.15, 0.2) is 0 Å². The van der Waals surface area contributed by atoms with Gasteiger partial charge in [-0.25, -0.2) is 9.40 Å². The first kappa shape index (κ1) is 24.6. The van der Waals surface area contributed by atoms with Crippen LogP contribution in [0.5, 0.6) is 5.75 Å². The number of hydrogen-bond donors (Lipinski definition) is 0. The Morgan fingerprint density at radius 1 is 1.14 bits per heavy atom. The van der Waals surface area contributed by atoms with Crippen molar-refractivity contribution in [3.63, 3.8) is 0 Å². The molecule has 0 spiro atoms. The second-order valence-electron chi connectivity index (χ2n) is 7.96. The van der Waals surface area contributed by atoms with Crippen LogP contribution in [-0.2, 0) is 9.53 Å². The summed E-state index contributed by atoms with van der Waals surface area (Å²) in [5.41, 5.74) is 1.79. The highest BCUT2D eigenvalue weighted by molar-refractivity contribution is 7.12. The number of nitrogens with zero attached hydrogens (tertiary/aromatic N) is 3. The molecule has 0 N–H and O–H groups in total. The van der Waals surface area contributed by atoms with Crippen molar-refractivity contribution in [2.45, 2.75) is 12.5 Å². The second kappa shape index (κ2) is 11.2. The van der Waals surface area contributed by atoms with Crippen LogP contribution >= 0.6 is 11.3 Å². The van der Waals surface area contributed by atoms with E-state index in [2.05, 4.69) is 5.10 Å². The molecule has 3 aromatic rings. The second-order valence-corrected chi connectivity index (χ2v) is 8.90. The molecule has 9 heteroatoms. The highest BCUT2D eigenvalue weighted by Crippen LogP contribution is 2.34. The third-order valence-corrected chi connectivity index (χ3v) is 6.60. The molecule has 0 saturated heterocycles. The number of ether oxygens (including phenoxy) is 2. The number of methoxy groups -OCH3 is 2. The van der Waals surface area contributed by atoms with Crippen LogP contribution in [0.1, 0.15) is 33.3 Å². The van der Waals surface area contributed by atoms with Gasteiger partial charge in [-0.1, -0.05) is 36.4 Å². The van der Waals surface area contributed by atoms with Gasteiger partial charge in [0.05, 0.1) is 30.3 Å². The van der Waals surface area contributed by atoms with E-state index in [4.69, 9.17) is 9.47 Å². The Morgan fingerprint density at radius 3 is 2.69 bits per heavy atom. The van der Waals surface area contributed by atoms with Crippen LogP contribution in [0, 0.1) is 5.82 Å². The number of carbonyl (C=O) groups is 2. The summed E-state index contributed by atoms with van der Waals surface area (Å²) in [7, 11) is 3.11. The topological polar surface area (TPSA) is 71.4 Å².